The summed E-state index contributed by atoms with van der Waals surface area (Å²) in [7, 11) is 1.72. The van der Waals surface area contributed by atoms with Crippen LogP contribution in [0.2, 0.25) is 0 Å². The Bertz CT molecular complexity index is 524. The maximum Gasteiger partial charge on any atom is 0.147 e. The molecule has 0 heterocycles. The second-order valence-electron chi connectivity index (χ2n) is 3.52. The van der Waals surface area contributed by atoms with Gasteiger partial charge in [-0.3, -0.25) is 0 Å². The smallest absolute Gasteiger partial charge is 0.147 e. The zero-order valence-corrected chi connectivity index (χ0v) is 9.47. The van der Waals surface area contributed by atoms with E-state index in [1.54, 1.807) is 7.05 Å². The van der Waals surface area contributed by atoms with Gasteiger partial charge in [0.1, 0.15) is 5.75 Å². The minimum atomic E-state index is 0.670. The van der Waals surface area contributed by atoms with E-state index in [2.05, 4.69) is 11.5 Å². The van der Waals surface area contributed by atoms with Gasteiger partial charge in [0.25, 0.3) is 0 Å². The number of nitriles is 1. The number of hydrogen-bond acceptors (Lipinski definition) is 3. The van der Waals surface area contributed by atoms with Gasteiger partial charge in [-0.2, -0.15) is 10.7 Å². The van der Waals surface area contributed by atoms with E-state index in [0.717, 1.165) is 16.9 Å². The predicted molar refractivity (Wildman–Crippen MR) is 66.3 cm³/mol. The summed E-state index contributed by atoms with van der Waals surface area (Å²) >= 11 is 0. The summed E-state index contributed by atoms with van der Waals surface area (Å²) in [4.78, 5) is 5.14. The average Bonchev–Trinajstić information content (AvgIpc) is 2.40. The molecule has 2 aromatic carbocycles. The maximum absolute atomic E-state index is 8.72. The van der Waals surface area contributed by atoms with Crippen molar-refractivity contribution in [2.75, 3.05) is 7.05 Å². The summed E-state index contributed by atoms with van der Waals surface area (Å²) in [6.07, 6.45) is 0. The van der Waals surface area contributed by atoms with Gasteiger partial charge in [-0.25, -0.2) is 0 Å². The minimum absolute atomic E-state index is 0.670. The van der Waals surface area contributed by atoms with E-state index in [9.17, 15) is 0 Å². The molecule has 0 aliphatic carbocycles. The van der Waals surface area contributed by atoms with Gasteiger partial charge in [-0.1, -0.05) is 24.3 Å². The summed E-state index contributed by atoms with van der Waals surface area (Å²) in [5.41, 5.74) is 5.47. The second kappa shape index (κ2) is 5.15. The molecule has 0 atom stereocenters. The third-order valence-corrected chi connectivity index (χ3v) is 2.42. The Morgan fingerprint density at radius 3 is 1.94 bits per heavy atom. The van der Waals surface area contributed by atoms with Crippen LogP contribution >= 0.6 is 0 Å². The normalized spacial score (nSPS) is 9.65. The van der Waals surface area contributed by atoms with Crippen LogP contribution in [0.5, 0.6) is 5.75 Å². The quantitative estimate of drug-likeness (QED) is 0.815. The minimum Gasteiger partial charge on any atom is -0.409 e. The molecule has 0 radical (unpaired) electrons. The van der Waals surface area contributed by atoms with Crippen LogP contribution in [0, 0.1) is 11.3 Å². The predicted octanol–water partition coefficient (Wildman–Crippen LogP) is 2.74. The Hall–Kier alpha value is -2.31. The molecule has 0 aliphatic rings. The lowest BCUT2D eigenvalue weighted by Gasteiger charge is -2.05. The molecule has 1 N–H and O–H groups in total. The molecule has 0 saturated carbocycles. The summed E-state index contributed by atoms with van der Waals surface area (Å²) in [6, 6.07) is 17.3. The molecule has 2 rings (SSSR count). The van der Waals surface area contributed by atoms with Gasteiger partial charge in [0, 0.05) is 7.05 Å². The standard InChI is InChI=1S/C14H12N2O/c1-16-17-14-8-6-13(7-9-14)12-4-2-11(10-15)3-5-12/h2-9,16H,1H3. The Morgan fingerprint density at radius 2 is 1.47 bits per heavy atom. The van der Waals surface area contributed by atoms with Crippen molar-refractivity contribution in [3.8, 4) is 22.9 Å². The fourth-order valence-electron chi connectivity index (χ4n) is 1.57. The average molecular weight is 224 g/mol. The molecule has 0 aliphatic heterocycles. The molecule has 0 spiro atoms. The van der Waals surface area contributed by atoms with Crippen molar-refractivity contribution < 1.29 is 4.84 Å². The van der Waals surface area contributed by atoms with Gasteiger partial charge in [0.15, 0.2) is 0 Å². The zero-order chi connectivity index (χ0) is 12.1. The molecule has 17 heavy (non-hydrogen) atoms. The first-order valence-electron chi connectivity index (χ1n) is 5.27. The van der Waals surface area contributed by atoms with Crippen molar-refractivity contribution >= 4 is 0 Å². The summed E-state index contributed by atoms with van der Waals surface area (Å²) in [5.74, 6) is 0.768. The van der Waals surface area contributed by atoms with Crippen LogP contribution in [-0.4, -0.2) is 7.05 Å². The van der Waals surface area contributed by atoms with Gasteiger partial charge in [-0.15, -0.1) is 0 Å². The van der Waals surface area contributed by atoms with E-state index in [0.29, 0.717) is 5.56 Å². The lowest BCUT2D eigenvalue weighted by Crippen LogP contribution is -2.10. The molecule has 2 aromatic rings. The SMILES string of the molecule is CNOc1ccc(-c2ccc(C#N)cc2)cc1. The lowest BCUT2D eigenvalue weighted by atomic mass is 10.0. The highest BCUT2D eigenvalue weighted by atomic mass is 16.6. The van der Waals surface area contributed by atoms with E-state index in [4.69, 9.17) is 10.1 Å². The number of hydroxylamine groups is 1. The van der Waals surface area contributed by atoms with Crippen molar-refractivity contribution in [2.45, 2.75) is 0 Å². The maximum atomic E-state index is 8.72. The van der Waals surface area contributed by atoms with Crippen LogP contribution in [0.3, 0.4) is 0 Å². The van der Waals surface area contributed by atoms with Crippen LogP contribution in [0.15, 0.2) is 48.5 Å². The second-order valence-corrected chi connectivity index (χ2v) is 3.52. The first-order valence-corrected chi connectivity index (χ1v) is 5.27. The molecule has 0 saturated heterocycles. The van der Waals surface area contributed by atoms with Crippen molar-refractivity contribution in [1.29, 1.82) is 5.26 Å². The molecule has 0 fully saturated rings. The van der Waals surface area contributed by atoms with Crippen LogP contribution in [0.4, 0.5) is 0 Å². The molecular weight excluding hydrogens is 212 g/mol. The number of rotatable bonds is 3. The Kier molecular flexibility index (Phi) is 3.39. The number of nitrogens with one attached hydrogen (secondary N) is 1. The highest BCUT2D eigenvalue weighted by Gasteiger charge is 1.99. The van der Waals surface area contributed by atoms with Crippen molar-refractivity contribution in [3.05, 3.63) is 54.1 Å². The Morgan fingerprint density at radius 1 is 0.941 bits per heavy atom. The van der Waals surface area contributed by atoms with Gasteiger partial charge < -0.3 is 4.84 Å². The van der Waals surface area contributed by atoms with Gasteiger partial charge in [0.2, 0.25) is 0 Å². The van der Waals surface area contributed by atoms with Crippen LogP contribution in [0.25, 0.3) is 11.1 Å². The zero-order valence-electron chi connectivity index (χ0n) is 9.47. The lowest BCUT2D eigenvalue weighted by molar-refractivity contribution is 0.224. The monoisotopic (exact) mass is 224 g/mol. The Labute approximate surface area is 100 Å². The van der Waals surface area contributed by atoms with Gasteiger partial charge in [0.05, 0.1) is 11.6 Å². The fraction of sp³-hybridized carbons (Fsp3) is 0.0714. The van der Waals surface area contributed by atoms with E-state index < -0.39 is 0 Å². The molecule has 0 aromatic heterocycles. The first kappa shape index (κ1) is 11.2. The summed E-state index contributed by atoms with van der Waals surface area (Å²) in [6.45, 7) is 0. The molecule has 84 valence electrons. The molecule has 0 bridgehead atoms. The van der Waals surface area contributed by atoms with Crippen molar-refractivity contribution in [1.82, 2.24) is 5.48 Å². The molecule has 3 heteroatoms. The van der Waals surface area contributed by atoms with Crippen LogP contribution < -0.4 is 10.3 Å². The van der Waals surface area contributed by atoms with Gasteiger partial charge >= 0.3 is 0 Å². The largest absolute Gasteiger partial charge is 0.409 e. The fourth-order valence-corrected chi connectivity index (χ4v) is 1.57. The van der Waals surface area contributed by atoms with E-state index in [-0.39, 0.29) is 0 Å². The van der Waals surface area contributed by atoms with Crippen molar-refractivity contribution in [3.63, 3.8) is 0 Å². The summed E-state index contributed by atoms with van der Waals surface area (Å²) < 4.78 is 0. The number of nitrogens with zero attached hydrogens (tertiary/aromatic N) is 1. The molecule has 0 unspecified atom stereocenters. The third kappa shape index (κ3) is 2.63. The van der Waals surface area contributed by atoms with E-state index in [1.807, 2.05) is 48.5 Å². The Balaban J connectivity index is 2.24. The highest BCUT2D eigenvalue weighted by molar-refractivity contribution is 5.64. The molecule has 3 nitrogen and oxygen atoms in total. The highest BCUT2D eigenvalue weighted by Crippen LogP contribution is 2.22. The van der Waals surface area contributed by atoms with E-state index in [1.165, 1.54) is 0 Å². The number of hydrogen-bond donors (Lipinski definition) is 1. The number of benzene rings is 2. The summed E-state index contributed by atoms with van der Waals surface area (Å²) in [5, 5.41) is 8.72. The first-order chi connectivity index (χ1) is 8.33. The van der Waals surface area contributed by atoms with Crippen LogP contribution in [-0.2, 0) is 0 Å². The third-order valence-electron chi connectivity index (χ3n) is 2.42. The molecule has 0 amide bonds. The van der Waals surface area contributed by atoms with Gasteiger partial charge in [-0.05, 0) is 35.4 Å². The topological polar surface area (TPSA) is 45.0 Å². The van der Waals surface area contributed by atoms with Crippen molar-refractivity contribution in [2.24, 2.45) is 0 Å². The van der Waals surface area contributed by atoms with Crippen LogP contribution in [0.1, 0.15) is 5.56 Å². The molecular formula is C14H12N2O. The van der Waals surface area contributed by atoms with E-state index >= 15 is 0 Å².